The van der Waals surface area contributed by atoms with Gasteiger partial charge in [0, 0.05) is 43.5 Å². The van der Waals surface area contributed by atoms with Crippen molar-refractivity contribution in [3.8, 4) is 11.3 Å². The molecule has 8 nitrogen and oxygen atoms in total. The zero-order chi connectivity index (χ0) is 26.6. The predicted molar refractivity (Wildman–Crippen MR) is 139 cm³/mol. The molecule has 1 saturated heterocycles. The number of nitrogens with one attached hydrogen (secondary N) is 1. The summed E-state index contributed by atoms with van der Waals surface area (Å²) in [6.07, 6.45) is 1.40. The number of nitrogens with zero attached hydrogens (tertiary/aromatic N) is 7. The number of fused-ring (bicyclic) bond motifs is 1. The highest BCUT2D eigenvalue weighted by molar-refractivity contribution is 5.99. The molecule has 3 aromatic heterocycles. The zero-order valence-corrected chi connectivity index (χ0v) is 21.7. The number of aromatic amines is 1. The third-order valence-electron chi connectivity index (χ3n) is 8.24. The number of H-pyrrole nitrogens is 1. The average molecular weight is 525 g/mol. The summed E-state index contributed by atoms with van der Waals surface area (Å²) in [5, 5.41) is 16.5. The van der Waals surface area contributed by atoms with Crippen LogP contribution in [0.5, 0.6) is 0 Å². The number of hydrogen-bond donors (Lipinski definition) is 1. The minimum atomic E-state index is -4.58. The molecule has 38 heavy (non-hydrogen) atoms. The molecular formula is C27H31F3N8. The van der Waals surface area contributed by atoms with Crippen molar-refractivity contribution >= 4 is 16.7 Å². The molecule has 2 aliphatic rings. The number of benzene rings is 1. The minimum absolute atomic E-state index is 0.0647. The van der Waals surface area contributed by atoms with Gasteiger partial charge in [0.2, 0.25) is 0 Å². The molecule has 2 fully saturated rings. The lowest BCUT2D eigenvalue weighted by molar-refractivity contribution is -0.141. The topological polar surface area (TPSA) is 78.8 Å². The SMILES string of the molecule is CN1CC[C@H](N(C)c2nc(C(F)(F)F)cc3c(-c4cccc([C@H](c5nncn5C)C5CCC5)c4)n[nH]c23)C1. The van der Waals surface area contributed by atoms with E-state index in [0.717, 1.165) is 55.4 Å². The Morgan fingerprint density at radius 1 is 1.13 bits per heavy atom. The summed E-state index contributed by atoms with van der Waals surface area (Å²) in [4.78, 5) is 8.11. The molecule has 4 aromatic rings. The lowest BCUT2D eigenvalue weighted by Gasteiger charge is -2.33. The summed E-state index contributed by atoms with van der Waals surface area (Å²) in [7, 11) is 5.77. The van der Waals surface area contributed by atoms with Crippen LogP contribution in [-0.2, 0) is 13.2 Å². The van der Waals surface area contributed by atoms with Crippen LogP contribution < -0.4 is 4.90 Å². The van der Waals surface area contributed by atoms with Crippen LogP contribution >= 0.6 is 0 Å². The number of rotatable bonds is 6. The maximum atomic E-state index is 14.0. The van der Waals surface area contributed by atoms with Gasteiger partial charge in [-0.15, -0.1) is 10.2 Å². The molecule has 1 N–H and O–H groups in total. The summed E-state index contributed by atoms with van der Waals surface area (Å²) in [5.41, 5.74) is 1.91. The van der Waals surface area contributed by atoms with E-state index in [4.69, 9.17) is 0 Å². The van der Waals surface area contributed by atoms with E-state index in [1.807, 2.05) is 48.8 Å². The molecule has 0 amide bonds. The Morgan fingerprint density at radius 2 is 1.95 bits per heavy atom. The van der Waals surface area contributed by atoms with Crippen molar-refractivity contribution in [3.05, 3.63) is 53.7 Å². The number of aromatic nitrogens is 6. The van der Waals surface area contributed by atoms with E-state index in [-0.39, 0.29) is 17.8 Å². The van der Waals surface area contributed by atoms with Crippen LogP contribution in [0.25, 0.3) is 22.2 Å². The van der Waals surface area contributed by atoms with E-state index in [0.29, 0.717) is 22.5 Å². The Balaban J connectivity index is 1.46. The Hall–Kier alpha value is -3.47. The molecular weight excluding hydrogens is 493 g/mol. The molecule has 0 radical (unpaired) electrons. The van der Waals surface area contributed by atoms with Crippen LogP contribution in [0.2, 0.25) is 0 Å². The van der Waals surface area contributed by atoms with Crippen LogP contribution in [0.15, 0.2) is 36.7 Å². The van der Waals surface area contributed by atoms with Crippen LogP contribution in [0.1, 0.15) is 48.7 Å². The Morgan fingerprint density at radius 3 is 2.58 bits per heavy atom. The number of pyridine rings is 1. The van der Waals surface area contributed by atoms with Crippen LogP contribution in [-0.4, -0.2) is 68.1 Å². The average Bonchev–Trinajstić information content (AvgIpc) is 3.59. The van der Waals surface area contributed by atoms with E-state index >= 15 is 0 Å². The van der Waals surface area contributed by atoms with Crippen LogP contribution in [0, 0.1) is 5.92 Å². The van der Waals surface area contributed by atoms with Crippen LogP contribution in [0.3, 0.4) is 0 Å². The molecule has 0 bridgehead atoms. The summed E-state index contributed by atoms with van der Waals surface area (Å²) in [6, 6.07) is 9.14. The van der Waals surface area contributed by atoms with Gasteiger partial charge in [-0.1, -0.05) is 24.6 Å². The van der Waals surface area contributed by atoms with Gasteiger partial charge in [0.25, 0.3) is 0 Å². The molecule has 1 aliphatic heterocycles. The first-order chi connectivity index (χ1) is 18.2. The van der Waals surface area contributed by atoms with Gasteiger partial charge in [-0.2, -0.15) is 18.3 Å². The molecule has 2 atom stereocenters. The van der Waals surface area contributed by atoms with Crippen molar-refractivity contribution < 1.29 is 13.2 Å². The van der Waals surface area contributed by atoms with Gasteiger partial charge in [-0.3, -0.25) is 5.10 Å². The van der Waals surface area contributed by atoms with Gasteiger partial charge in [-0.05, 0) is 56.5 Å². The summed E-state index contributed by atoms with van der Waals surface area (Å²) in [6.45, 7) is 1.66. The third-order valence-corrected chi connectivity index (χ3v) is 8.24. The van der Waals surface area contributed by atoms with Crippen molar-refractivity contribution in [1.82, 2.24) is 34.8 Å². The van der Waals surface area contributed by atoms with Crippen LogP contribution in [0.4, 0.5) is 19.0 Å². The zero-order valence-electron chi connectivity index (χ0n) is 21.7. The van der Waals surface area contributed by atoms with E-state index in [2.05, 4.69) is 36.3 Å². The normalized spacial score (nSPS) is 19.7. The lowest BCUT2D eigenvalue weighted by atomic mass is 9.72. The van der Waals surface area contributed by atoms with Gasteiger partial charge < -0.3 is 14.4 Å². The largest absolute Gasteiger partial charge is 0.433 e. The highest BCUT2D eigenvalue weighted by atomic mass is 19.4. The quantitative estimate of drug-likeness (QED) is 0.389. The van der Waals surface area contributed by atoms with E-state index in [1.54, 1.807) is 6.33 Å². The monoisotopic (exact) mass is 524 g/mol. The second-order valence-corrected chi connectivity index (χ2v) is 10.7. The summed E-state index contributed by atoms with van der Waals surface area (Å²) in [5.74, 6) is 1.69. The molecule has 1 saturated carbocycles. The molecule has 200 valence electrons. The summed E-state index contributed by atoms with van der Waals surface area (Å²) < 4.78 is 44.0. The number of hydrogen-bond acceptors (Lipinski definition) is 6. The highest BCUT2D eigenvalue weighted by Gasteiger charge is 2.36. The fourth-order valence-corrected chi connectivity index (χ4v) is 5.88. The molecule has 4 heterocycles. The molecule has 1 aliphatic carbocycles. The molecule has 11 heteroatoms. The van der Waals surface area contributed by atoms with Crippen molar-refractivity contribution in [2.45, 2.75) is 43.8 Å². The number of likely N-dealkylation sites (N-methyl/N-ethyl adjacent to an activating group) is 2. The van der Waals surface area contributed by atoms with Crippen molar-refractivity contribution in [1.29, 1.82) is 0 Å². The predicted octanol–water partition coefficient (Wildman–Crippen LogP) is 4.84. The Bertz CT molecular complexity index is 1450. The Labute approximate surface area is 218 Å². The fourth-order valence-electron chi connectivity index (χ4n) is 5.88. The summed E-state index contributed by atoms with van der Waals surface area (Å²) >= 11 is 0. The fraction of sp³-hybridized carbons (Fsp3) is 0.481. The second-order valence-electron chi connectivity index (χ2n) is 10.7. The minimum Gasteiger partial charge on any atom is -0.354 e. The smallest absolute Gasteiger partial charge is 0.354 e. The first kappa shape index (κ1) is 24.8. The number of halogens is 3. The maximum Gasteiger partial charge on any atom is 0.433 e. The van der Waals surface area contributed by atoms with E-state index in [9.17, 15) is 13.2 Å². The number of anilines is 1. The first-order valence-corrected chi connectivity index (χ1v) is 13.0. The van der Waals surface area contributed by atoms with Crippen molar-refractivity contribution in [2.24, 2.45) is 13.0 Å². The Kier molecular flexibility index (Phi) is 6.13. The van der Waals surface area contributed by atoms with Gasteiger partial charge >= 0.3 is 6.18 Å². The van der Waals surface area contributed by atoms with Crippen molar-refractivity contribution in [2.75, 3.05) is 32.1 Å². The van der Waals surface area contributed by atoms with Gasteiger partial charge in [0.05, 0.1) is 0 Å². The van der Waals surface area contributed by atoms with Gasteiger partial charge in [0.15, 0.2) is 5.82 Å². The van der Waals surface area contributed by atoms with Gasteiger partial charge in [0.1, 0.15) is 29.1 Å². The maximum absolute atomic E-state index is 14.0. The highest BCUT2D eigenvalue weighted by Crippen LogP contribution is 2.44. The first-order valence-electron chi connectivity index (χ1n) is 13.0. The number of likely N-dealkylation sites (tertiary alicyclic amines) is 1. The van der Waals surface area contributed by atoms with E-state index < -0.39 is 11.9 Å². The standard InChI is InChI=1S/C27H31F3N8/c1-36-11-10-19(14-36)38(3)26-24-20(13-21(32-26)27(28,29)30)23(33-34-24)18-9-5-8-17(12-18)22(16-6-4-7-16)25-35-31-15-37(25)2/h5,8-9,12-13,15-16,19,22H,4,6-7,10-11,14H2,1-3H3,(H,33,34)/t19-,22+/m0/s1. The molecule has 0 spiro atoms. The third kappa shape index (κ3) is 4.32. The van der Waals surface area contributed by atoms with Gasteiger partial charge in [-0.25, -0.2) is 4.98 Å². The lowest BCUT2D eigenvalue weighted by Crippen LogP contribution is -2.34. The second kappa shape index (κ2) is 9.37. The molecule has 6 rings (SSSR count). The molecule has 1 aromatic carbocycles. The van der Waals surface area contributed by atoms with E-state index in [1.165, 1.54) is 6.42 Å². The number of alkyl halides is 3. The molecule has 0 unspecified atom stereocenters. The number of aryl methyl sites for hydroxylation is 1. The van der Waals surface area contributed by atoms with Crippen molar-refractivity contribution in [3.63, 3.8) is 0 Å².